The highest BCUT2D eigenvalue weighted by Gasteiger charge is 1.90. The van der Waals surface area contributed by atoms with Gasteiger partial charge in [0.1, 0.15) is 5.69 Å². The Morgan fingerprint density at radius 1 is 1.70 bits per heavy atom. The number of aromatic amines is 1. The van der Waals surface area contributed by atoms with E-state index >= 15 is 0 Å². The highest BCUT2D eigenvalue weighted by molar-refractivity contribution is 5.71. The predicted octanol–water partition coefficient (Wildman–Crippen LogP) is 0.139. The molecule has 1 heterocycles. The molecule has 1 rings (SSSR count). The Kier molecular flexibility index (Phi) is 4.15. The molecule has 0 atom stereocenters. The van der Waals surface area contributed by atoms with Gasteiger partial charge in [0.05, 0.1) is 0 Å². The third kappa shape index (κ3) is 2.41. The molecule has 0 saturated heterocycles. The SMILES string of the molecule is CO.Cc1cc(C=O)n[nH]1. The van der Waals surface area contributed by atoms with Crippen molar-refractivity contribution in [2.45, 2.75) is 6.92 Å². The fraction of sp³-hybridized carbons (Fsp3) is 0.333. The highest BCUT2D eigenvalue weighted by atomic mass is 16.2. The van der Waals surface area contributed by atoms with E-state index in [4.69, 9.17) is 5.11 Å². The summed E-state index contributed by atoms with van der Waals surface area (Å²) in [6.07, 6.45) is 0.712. The number of aliphatic hydroxyl groups is 1. The van der Waals surface area contributed by atoms with E-state index in [2.05, 4.69) is 10.2 Å². The number of aryl methyl sites for hydroxylation is 1. The molecule has 1 aromatic heterocycles. The maximum atomic E-state index is 9.94. The molecule has 0 aliphatic heterocycles. The lowest BCUT2D eigenvalue weighted by atomic mass is 10.4. The summed E-state index contributed by atoms with van der Waals surface area (Å²) < 4.78 is 0. The molecule has 56 valence electrons. The lowest BCUT2D eigenvalue weighted by Gasteiger charge is -1.68. The normalized spacial score (nSPS) is 7.90. The second-order valence-electron chi connectivity index (χ2n) is 1.59. The number of aldehydes is 1. The average Bonchev–Trinajstić information content (AvgIpc) is 2.40. The van der Waals surface area contributed by atoms with Crippen molar-refractivity contribution in [2.24, 2.45) is 0 Å². The van der Waals surface area contributed by atoms with Crippen LogP contribution in [0.2, 0.25) is 0 Å². The van der Waals surface area contributed by atoms with E-state index in [9.17, 15) is 4.79 Å². The van der Waals surface area contributed by atoms with Crippen LogP contribution in [0.25, 0.3) is 0 Å². The van der Waals surface area contributed by atoms with Gasteiger partial charge in [-0.3, -0.25) is 9.89 Å². The molecule has 1 aromatic rings. The van der Waals surface area contributed by atoms with Crippen LogP contribution in [0.1, 0.15) is 16.2 Å². The fourth-order valence-electron chi connectivity index (χ4n) is 0.499. The van der Waals surface area contributed by atoms with Crippen molar-refractivity contribution in [1.82, 2.24) is 10.2 Å². The molecule has 10 heavy (non-hydrogen) atoms. The lowest BCUT2D eigenvalue weighted by molar-refractivity contribution is 0.111. The molecule has 2 N–H and O–H groups in total. The van der Waals surface area contributed by atoms with E-state index in [1.165, 1.54) is 0 Å². The van der Waals surface area contributed by atoms with Crippen molar-refractivity contribution in [3.63, 3.8) is 0 Å². The summed E-state index contributed by atoms with van der Waals surface area (Å²) >= 11 is 0. The number of aromatic nitrogens is 2. The molecule has 0 amide bonds. The summed E-state index contributed by atoms with van der Waals surface area (Å²) in [5, 5.41) is 13.3. The van der Waals surface area contributed by atoms with Crippen LogP contribution >= 0.6 is 0 Å². The zero-order valence-corrected chi connectivity index (χ0v) is 5.96. The fourth-order valence-corrected chi connectivity index (χ4v) is 0.499. The third-order valence-corrected chi connectivity index (χ3v) is 0.846. The molecule has 4 heteroatoms. The number of H-pyrrole nitrogens is 1. The van der Waals surface area contributed by atoms with Crippen molar-refractivity contribution in [2.75, 3.05) is 7.11 Å². The topological polar surface area (TPSA) is 66.0 Å². The summed E-state index contributed by atoms with van der Waals surface area (Å²) in [7, 11) is 1.00. The molecule has 0 unspecified atom stereocenters. The first-order valence-electron chi connectivity index (χ1n) is 2.75. The third-order valence-electron chi connectivity index (χ3n) is 0.846. The molecular formula is C6H10N2O2. The zero-order chi connectivity index (χ0) is 7.98. The first-order valence-corrected chi connectivity index (χ1v) is 2.75. The number of hydrogen-bond donors (Lipinski definition) is 2. The van der Waals surface area contributed by atoms with Crippen LogP contribution in [-0.4, -0.2) is 28.7 Å². The molecule has 0 bridgehead atoms. The summed E-state index contributed by atoms with van der Waals surface area (Å²) in [5.74, 6) is 0. The minimum atomic E-state index is 0.461. The number of rotatable bonds is 1. The van der Waals surface area contributed by atoms with Gasteiger partial charge in [0.25, 0.3) is 0 Å². The molecule has 0 aromatic carbocycles. The second kappa shape index (κ2) is 4.69. The minimum absolute atomic E-state index is 0.461. The van der Waals surface area contributed by atoms with Crippen molar-refractivity contribution >= 4 is 6.29 Å². The van der Waals surface area contributed by atoms with Crippen molar-refractivity contribution in [3.05, 3.63) is 17.5 Å². The van der Waals surface area contributed by atoms with Crippen LogP contribution in [0.3, 0.4) is 0 Å². The molecule has 0 aliphatic rings. The van der Waals surface area contributed by atoms with Crippen LogP contribution < -0.4 is 0 Å². The minimum Gasteiger partial charge on any atom is -0.400 e. The van der Waals surface area contributed by atoms with Crippen LogP contribution in [0.15, 0.2) is 6.07 Å². The quantitative estimate of drug-likeness (QED) is 0.548. The Bertz CT molecular complexity index is 195. The van der Waals surface area contributed by atoms with Crippen molar-refractivity contribution in [1.29, 1.82) is 0 Å². The molecule has 0 spiro atoms. The van der Waals surface area contributed by atoms with Gasteiger partial charge in [-0.15, -0.1) is 0 Å². The molecule has 0 aliphatic carbocycles. The van der Waals surface area contributed by atoms with E-state index in [-0.39, 0.29) is 0 Å². The Balaban J connectivity index is 0.000000371. The maximum Gasteiger partial charge on any atom is 0.170 e. The number of nitrogens with one attached hydrogen (secondary N) is 1. The van der Waals surface area contributed by atoms with E-state index in [0.717, 1.165) is 12.8 Å². The number of carbonyl (C=O) groups excluding carboxylic acids is 1. The van der Waals surface area contributed by atoms with Gasteiger partial charge in [-0.2, -0.15) is 5.10 Å². The summed E-state index contributed by atoms with van der Waals surface area (Å²) in [4.78, 5) is 9.94. The number of hydrogen-bond acceptors (Lipinski definition) is 3. The zero-order valence-electron chi connectivity index (χ0n) is 5.96. The molecular weight excluding hydrogens is 132 g/mol. The molecule has 0 fully saturated rings. The van der Waals surface area contributed by atoms with Crippen LogP contribution in [0.5, 0.6) is 0 Å². The summed E-state index contributed by atoms with van der Waals surface area (Å²) in [5.41, 5.74) is 1.37. The highest BCUT2D eigenvalue weighted by Crippen LogP contribution is 1.91. The van der Waals surface area contributed by atoms with E-state index in [0.29, 0.717) is 12.0 Å². The molecule has 0 radical (unpaired) electrons. The van der Waals surface area contributed by atoms with Crippen LogP contribution in [0.4, 0.5) is 0 Å². The van der Waals surface area contributed by atoms with E-state index in [1.807, 2.05) is 6.92 Å². The van der Waals surface area contributed by atoms with Crippen molar-refractivity contribution in [3.8, 4) is 0 Å². The van der Waals surface area contributed by atoms with Gasteiger partial charge >= 0.3 is 0 Å². The van der Waals surface area contributed by atoms with Gasteiger partial charge in [0.2, 0.25) is 0 Å². The first-order chi connectivity index (χ1) is 4.83. The molecule has 0 saturated carbocycles. The predicted molar refractivity (Wildman–Crippen MR) is 36.9 cm³/mol. The van der Waals surface area contributed by atoms with Crippen molar-refractivity contribution < 1.29 is 9.90 Å². The Hall–Kier alpha value is -1.16. The number of carbonyl (C=O) groups is 1. The Morgan fingerprint density at radius 2 is 2.30 bits per heavy atom. The lowest BCUT2D eigenvalue weighted by Crippen LogP contribution is -1.75. The monoisotopic (exact) mass is 142 g/mol. The van der Waals surface area contributed by atoms with Crippen LogP contribution in [-0.2, 0) is 0 Å². The number of aliphatic hydroxyl groups excluding tert-OH is 1. The number of nitrogens with zero attached hydrogens (tertiary/aromatic N) is 1. The first kappa shape index (κ1) is 8.84. The second-order valence-corrected chi connectivity index (χ2v) is 1.59. The smallest absolute Gasteiger partial charge is 0.170 e. The van der Waals surface area contributed by atoms with Gasteiger partial charge < -0.3 is 5.11 Å². The standard InChI is InChI=1S/C5H6N2O.CH4O/c1-4-2-5(3-8)7-6-4;1-2/h2-3H,1H3,(H,6,7);2H,1H3. The van der Waals surface area contributed by atoms with Gasteiger partial charge in [0, 0.05) is 12.8 Å². The molecule has 4 nitrogen and oxygen atoms in total. The van der Waals surface area contributed by atoms with Gasteiger partial charge in [-0.25, -0.2) is 0 Å². The van der Waals surface area contributed by atoms with Gasteiger partial charge in [-0.1, -0.05) is 0 Å². The Morgan fingerprint density at radius 3 is 2.50 bits per heavy atom. The summed E-state index contributed by atoms with van der Waals surface area (Å²) in [6.45, 7) is 1.85. The van der Waals surface area contributed by atoms with E-state index in [1.54, 1.807) is 6.07 Å². The van der Waals surface area contributed by atoms with E-state index < -0.39 is 0 Å². The largest absolute Gasteiger partial charge is 0.400 e. The Labute approximate surface area is 58.9 Å². The maximum absolute atomic E-state index is 9.94. The average molecular weight is 142 g/mol. The summed E-state index contributed by atoms with van der Waals surface area (Å²) in [6, 6.07) is 1.69. The van der Waals surface area contributed by atoms with Gasteiger partial charge in [-0.05, 0) is 13.0 Å². The van der Waals surface area contributed by atoms with Crippen LogP contribution in [0, 0.1) is 6.92 Å². The van der Waals surface area contributed by atoms with Gasteiger partial charge in [0.15, 0.2) is 6.29 Å².